The van der Waals surface area contributed by atoms with Gasteiger partial charge < -0.3 is 9.47 Å². The summed E-state index contributed by atoms with van der Waals surface area (Å²) in [6, 6.07) is 11.0. The summed E-state index contributed by atoms with van der Waals surface area (Å²) in [5, 5.41) is 8.38. The lowest BCUT2D eigenvalue weighted by atomic mass is 10.2. The molecule has 0 saturated heterocycles. The zero-order valence-electron chi connectivity index (χ0n) is 8.84. The molecule has 1 aromatic rings. The Bertz CT molecular complexity index is 418. The molecule has 0 amide bonds. The van der Waals surface area contributed by atoms with Gasteiger partial charge in [0.25, 0.3) is 0 Å². The molecule has 0 heterocycles. The highest BCUT2D eigenvalue weighted by Crippen LogP contribution is 2.09. The van der Waals surface area contributed by atoms with E-state index in [1.807, 2.05) is 30.3 Å². The van der Waals surface area contributed by atoms with Crippen molar-refractivity contribution < 1.29 is 14.3 Å². The summed E-state index contributed by atoms with van der Waals surface area (Å²) < 4.78 is 9.51. The maximum Gasteiger partial charge on any atom is 0.373 e. The summed E-state index contributed by atoms with van der Waals surface area (Å²) in [5.41, 5.74) is 0.806. The van der Waals surface area contributed by atoms with Gasteiger partial charge in [-0.05, 0) is 11.6 Å². The predicted octanol–water partition coefficient (Wildman–Crippen LogP) is 1.74. The number of rotatable bonds is 4. The fraction of sp³-hybridized carbons (Fsp3) is 0.167. The molecule has 0 aliphatic carbocycles. The van der Waals surface area contributed by atoms with Crippen molar-refractivity contribution in [3.63, 3.8) is 0 Å². The van der Waals surface area contributed by atoms with Gasteiger partial charge in [0, 0.05) is 0 Å². The maximum absolute atomic E-state index is 11.3. The minimum absolute atomic E-state index is 0.0234. The van der Waals surface area contributed by atoms with Gasteiger partial charge in [0.05, 0.1) is 7.11 Å². The van der Waals surface area contributed by atoms with Crippen LogP contribution in [0.25, 0.3) is 6.08 Å². The number of methoxy groups -OCH3 is 1. The fourth-order valence-electron chi connectivity index (χ4n) is 1.07. The van der Waals surface area contributed by atoms with Crippen molar-refractivity contribution in [1.82, 2.24) is 0 Å². The molecule has 0 bridgehead atoms. The van der Waals surface area contributed by atoms with E-state index in [4.69, 9.17) is 10.00 Å². The lowest BCUT2D eigenvalue weighted by Crippen LogP contribution is -2.08. The molecule has 1 rings (SSSR count). The van der Waals surface area contributed by atoms with Crippen LogP contribution in [0.15, 0.2) is 36.1 Å². The van der Waals surface area contributed by atoms with Gasteiger partial charge >= 0.3 is 5.97 Å². The van der Waals surface area contributed by atoms with Crippen molar-refractivity contribution in [2.45, 2.75) is 0 Å². The van der Waals surface area contributed by atoms with Gasteiger partial charge in [-0.2, -0.15) is 5.26 Å². The second-order valence-corrected chi connectivity index (χ2v) is 2.86. The first-order valence-electron chi connectivity index (χ1n) is 4.62. The monoisotopic (exact) mass is 217 g/mol. The summed E-state index contributed by atoms with van der Waals surface area (Å²) in [6.07, 6.45) is 1.53. The standard InChI is InChI=1S/C12H11NO3/c1-15-12(14)11(16-8-7-13)9-10-5-3-2-4-6-10/h2-6,9H,8H2,1H3. The molecule has 0 fully saturated rings. The van der Waals surface area contributed by atoms with E-state index in [9.17, 15) is 4.79 Å². The van der Waals surface area contributed by atoms with Gasteiger partial charge in [-0.1, -0.05) is 30.3 Å². The summed E-state index contributed by atoms with van der Waals surface area (Å²) in [4.78, 5) is 11.3. The molecule has 4 nitrogen and oxygen atoms in total. The van der Waals surface area contributed by atoms with E-state index < -0.39 is 5.97 Å². The molecule has 0 aromatic heterocycles. The van der Waals surface area contributed by atoms with E-state index in [1.165, 1.54) is 13.2 Å². The highest BCUT2D eigenvalue weighted by molar-refractivity contribution is 5.91. The quantitative estimate of drug-likeness (QED) is 0.438. The Morgan fingerprint density at radius 1 is 1.44 bits per heavy atom. The molecule has 0 unspecified atom stereocenters. The highest BCUT2D eigenvalue weighted by atomic mass is 16.6. The Hall–Kier alpha value is -2.28. The first-order valence-corrected chi connectivity index (χ1v) is 4.62. The SMILES string of the molecule is COC(=O)C(=Cc1ccccc1)OCC#N. The molecule has 1 aromatic carbocycles. The minimum atomic E-state index is -0.598. The summed E-state index contributed by atoms with van der Waals surface area (Å²) in [5.74, 6) is -0.575. The van der Waals surface area contributed by atoms with Crippen LogP contribution in [-0.2, 0) is 14.3 Å². The number of nitrogens with zero attached hydrogens (tertiary/aromatic N) is 1. The van der Waals surface area contributed by atoms with Crippen molar-refractivity contribution in [3.05, 3.63) is 41.7 Å². The van der Waals surface area contributed by atoms with Crippen molar-refractivity contribution in [2.24, 2.45) is 0 Å². The fourth-order valence-corrected chi connectivity index (χ4v) is 1.07. The van der Waals surface area contributed by atoms with Crippen molar-refractivity contribution >= 4 is 12.0 Å². The van der Waals surface area contributed by atoms with Crippen LogP contribution in [0.4, 0.5) is 0 Å². The van der Waals surface area contributed by atoms with Crippen LogP contribution in [0, 0.1) is 11.3 Å². The highest BCUT2D eigenvalue weighted by Gasteiger charge is 2.10. The van der Waals surface area contributed by atoms with E-state index in [0.717, 1.165) is 5.56 Å². The minimum Gasteiger partial charge on any atom is -0.471 e. The molecule has 0 N–H and O–H groups in total. The molecular weight excluding hydrogens is 206 g/mol. The first kappa shape index (κ1) is 11.8. The molecule has 0 saturated carbocycles. The average molecular weight is 217 g/mol. The van der Waals surface area contributed by atoms with E-state index in [1.54, 1.807) is 6.07 Å². The smallest absolute Gasteiger partial charge is 0.373 e. The van der Waals surface area contributed by atoms with Crippen molar-refractivity contribution in [2.75, 3.05) is 13.7 Å². The third kappa shape index (κ3) is 3.46. The molecule has 0 radical (unpaired) electrons. The summed E-state index contributed by atoms with van der Waals surface area (Å²) in [7, 11) is 1.26. The summed E-state index contributed by atoms with van der Waals surface area (Å²) in [6.45, 7) is -0.187. The number of ether oxygens (including phenoxy) is 2. The third-order valence-corrected chi connectivity index (χ3v) is 1.78. The van der Waals surface area contributed by atoms with Gasteiger partial charge in [-0.15, -0.1) is 0 Å². The van der Waals surface area contributed by atoms with Crippen LogP contribution in [0.3, 0.4) is 0 Å². The predicted molar refractivity (Wildman–Crippen MR) is 58.0 cm³/mol. The van der Waals surface area contributed by atoms with Crippen LogP contribution in [0.2, 0.25) is 0 Å². The second-order valence-electron chi connectivity index (χ2n) is 2.86. The van der Waals surface area contributed by atoms with Crippen LogP contribution in [0.1, 0.15) is 5.56 Å². The van der Waals surface area contributed by atoms with Gasteiger partial charge in [-0.25, -0.2) is 4.79 Å². The van der Waals surface area contributed by atoms with E-state index in [2.05, 4.69) is 4.74 Å². The van der Waals surface area contributed by atoms with Gasteiger partial charge in [0.15, 0.2) is 6.61 Å². The van der Waals surface area contributed by atoms with Crippen molar-refractivity contribution in [3.8, 4) is 6.07 Å². The number of carbonyl (C=O) groups excluding carboxylic acids is 1. The van der Waals surface area contributed by atoms with Crippen LogP contribution in [0.5, 0.6) is 0 Å². The van der Waals surface area contributed by atoms with Crippen LogP contribution >= 0.6 is 0 Å². The molecule has 0 aliphatic heterocycles. The number of carbonyl (C=O) groups is 1. The lowest BCUT2D eigenvalue weighted by molar-refractivity contribution is -0.139. The molecular formula is C12H11NO3. The Morgan fingerprint density at radius 3 is 2.69 bits per heavy atom. The number of esters is 1. The van der Waals surface area contributed by atoms with E-state index in [-0.39, 0.29) is 12.4 Å². The Labute approximate surface area is 93.7 Å². The first-order chi connectivity index (χ1) is 7.77. The topological polar surface area (TPSA) is 59.3 Å². The number of benzene rings is 1. The Kier molecular flexibility index (Phi) is 4.61. The third-order valence-electron chi connectivity index (χ3n) is 1.78. The van der Waals surface area contributed by atoms with Crippen LogP contribution < -0.4 is 0 Å². The van der Waals surface area contributed by atoms with Crippen molar-refractivity contribution in [1.29, 1.82) is 5.26 Å². The molecule has 82 valence electrons. The largest absolute Gasteiger partial charge is 0.471 e. The second kappa shape index (κ2) is 6.25. The molecule has 0 atom stereocenters. The zero-order valence-corrected chi connectivity index (χ0v) is 8.84. The molecule has 0 spiro atoms. The lowest BCUT2D eigenvalue weighted by Gasteiger charge is -2.04. The van der Waals surface area contributed by atoms with Gasteiger partial charge in [-0.3, -0.25) is 0 Å². The maximum atomic E-state index is 11.3. The summed E-state index contributed by atoms with van der Waals surface area (Å²) >= 11 is 0. The van der Waals surface area contributed by atoms with Gasteiger partial charge in [0.1, 0.15) is 6.07 Å². The van der Waals surface area contributed by atoms with E-state index in [0.29, 0.717) is 0 Å². The Balaban J connectivity index is 2.88. The number of hydrogen-bond acceptors (Lipinski definition) is 4. The van der Waals surface area contributed by atoms with Gasteiger partial charge in [0.2, 0.25) is 5.76 Å². The molecule has 0 aliphatic rings. The normalized spacial score (nSPS) is 10.4. The molecule has 4 heteroatoms. The Morgan fingerprint density at radius 2 is 2.12 bits per heavy atom. The average Bonchev–Trinajstić information content (AvgIpc) is 2.34. The zero-order chi connectivity index (χ0) is 11.8. The number of hydrogen-bond donors (Lipinski definition) is 0. The van der Waals surface area contributed by atoms with E-state index >= 15 is 0 Å². The molecule has 16 heavy (non-hydrogen) atoms. The van der Waals surface area contributed by atoms with Crippen LogP contribution in [-0.4, -0.2) is 19.7 Å². The number of nitriles is 1.